The van der Waals surface area contributed by atoms with Gasteiger partial charge in [0.15, 0.2) is 5.11 Å². The first-order valence-electron chi connectivity index (χ1n) is 9.82. The maximum absolute atomic E-state index is 13.2. The van der Waals surface area contributed by atoms with Crippen molar-refractivity contribution in [1.82, 2.24) is 5.32 Å². The first-order valence-corrected chi connectivity index (χ1v) is 10.2. The predicted molar refractivity (Wildman–Crippen MR) is 124 cm³/mol. The molecule has 31 heavy (non-hydrogen) atoms. The highest BCUT2D eigenvalue weighted by atomic mass is 32.1. The topological polar surface area (TPSA) is 58.6 Å². The maximum atomic E-state index is 13.2. The molecule has 0 radical (unpaired) electrons. The van der Waals surface area contributed by atoms with E-state index in [2.05, 4.69) is 17.4 Å². The molecule has 2 aliphatic rings. The monoisotopic (exact) mass is 426 g/mol. The molecule has 1 saturated heterocycles. The minimum absolute atomic E-state index is 0.0416. The van der Waals surface area contributed by atoms with Crippen LogP contribution < -0.4 is 15.0 Å². The van der Waals surface area contributed by atoms with Crippen LogP contribution in [0.1, 0.15) is 16.7 Å². The molecule has 6 heteroatoms. The molecule has 152 valence electrons. The van der Waals surface area contributed by atoms with Crippen LogP contribution in [0.25, 0.3) is 17.2 Å². The number of rotatable bonds is 3. The van der Waals surface area contributed by atoms with Gasteiger partial charge in [0.2, 0.25) is 0 Å². The van der Waals surface area contributed by atoms with Crippen molar-refractivity contribution in [2.24, 2.45) is 0 Å². The summed E-state index contributed by atoms with van der Waals surface area (Å²) in [6.07, 6.45) is 2.46. The number of ether oxygens (including phenoxy) is 1. The van der Waals surface area contributed by atoms with E-state index in [1.54, 1.807) is 37.5 Å². The van der Waals surface area contributed by atoms with Crippen LogP contribution >= 0.6 is 12.2 Å². The van der Waals surface area contributed by atoms with Gasteiger partial charge >= 0.3 is 0 Å². The van der Waals surface area contributed by atoms with Crippen molar-refractivity contribution in [3.63, 3.8) is 0 Å². The number of amides is 2. The predicted octanol–water partition coefficient (Wildman–Crippen LogP) is 4.10. The van der Waals surface area contributed by atoms with E-state index in [1.165, 1.54) is 27.2 Å². The SMILES string of the molecule is COc1ccc(N2C(=O)C(=Cc3ccc4c(c3)Cc3ccccc3-4)C(=O)NC2=S)cc1. The summed E-state index contributed by atoms with van der Waals surface area (Å²) < 4.78 is 5.17. The van der Waals surface area contributed by atoms with Crippen molar-refractivity contribution in [3.8, 4) is 16.9 Å². The van der Waals surface area contributed by atoms with E-state index in [-0.39, 0.29) is 10.7 Å². The average molecular weight is 426 g/mol. The van der Waals surface area contributed by atoms with Crippen molar-refractivity contribution in [2.45, 2.75) is 6.42 Å². The van der Waals surface area contributed by atoms with Crippen LogP contribution in [0.4, 0.5) is 5.69 Å². The van der Waals surface area contributed by atoms with Crippen LogP contribution in [-0.4, -0.2) is 24.0 Å². The molecular formula is C25H18N2O3S. The molecule has 0 atom stereocenters. The quantitative estimate of drug-likeness (QED) is 0.304. The molecule has 5 rings (SSSR count). The Morgan fingerprint density at radius 1 is 0.968 bits per heavy atom. The van der Waals surface area contributed by atoms with E-state index in [9.17, 15) is 9.59 Å². The minimum Gasteiger partial charge on any atom is -0.497 e. The molecule has 0 bridgehead atoms. The Morgan fingerprint density at radius 3 is 2.48 bits per heavy atom. The van der Waals surface area contributed by atoms with E-state index in [1.807, 2.05) is 30.3 Å². The van der Waals surface area contributed by atoms with Crippen molar-refractivity contribution < 1.29 is 14.3 Å². The number of benzene rings is 3. The number of methoxy groups -OCH3 is 1. The second-order valence-electron chi connectivity index (χ2n) is 7.41. The summed E-state index contributed by atoms with van der Waals surface area (Å²) in [5.41, 5.74) is 6.29. The maximum Gasteiger partial charge on any atom is 0.270 e. The Labute approximate surface area is 185 Å². The Balaban J connectivity index is 1.49. The molecular weight excluding hydrogens is 408 g/mol. The lowest BCUT2D eigenvalue weighted by Gasteiger charge is -2.29. The van der Waals surface area contributed by atoms with Crippen molar-refractivity contribution in [1.29, 1.82) is 0 Å². The fourth-order valence-electron chi connectivity index (χ4n) is 4.04. The third kappa shape index (κ3) is 3.31. The van der Waals surface area contributed by atoms with E-state index in [4.69, 9.17) is 17.0 Å². The van der Waals surface area contributed by atoms with E-state index in [0.29, 0.717) is 11.4 Å². The molecule has 1 heterocycles. The highest BCUT2D eigenvalue weighted by Crippen LogP contribution is 2.37. The summed E-state index contributed by atoms with van der Waals surface area (Å²) in [6.45, 7) is 0. The van der Waals surface area contributed by atoms with Crippen molar-refractivity contribution in [3.05, 3.63) is 89.0 Å². The van der Waals surface area contributed by atoms with Gasteiger partial charge in [-0.05, 0) is 76.8 Å². The van der Waals surface area contributed by atoms with Crippen LogP contribution in [0.5, 0.6) is 5.75 Å². The number of hydrogen-bond donors (Lipinski definition) is 1. The number of fused-ring (bicyclic) bond motifs is 3. The van der Waals surface area contributed by atoms with Gasteiger partial charge in [-0.15, -0.1) is 0 Å². The lowest BCUT2D eigenvalue weighted by atomic mass is 10.0. The van der Waals surface area contributed by atoms with E-state index < -0.39 is 11.8 Å². The summed E-state index contributed by atoms with van der Waals surface area (Å²) in [5.74, 6) is -0.288. The Morgan fingerprint density at radius 2 is 1.71 bits per heavy atom. The molecule has 3 aromatic carbocycles. The number of carbonyl (C=O) groups excluding carboxylic acids is 2. The van der Waals surface area contributed by atoms with Gasteiger partial charge in [-0.2, -0.15) is 0 Å². The summed E-state index contributed by atoms with van der Waals surface area (Å²) in [5, 5.41) is 2.68. The lowest BCUT2D eigenvalue weighted by Crippen LogP contribution is -2.54. The van der Waals surface area contributed by atoms with Gasteiger partial charge in [0.1, 0.15) is 11.3 Å². The second-order valence-corrected chi connectivity index (χ2v) is 7.79. The Hall–Kier alpha value is -3.77. The van der Waals surface area contributed by atoms with Gasteiger partial charge in [-0.3, -0.25) is 19.8 Å². The summed E-state index contributed by atoms with van der Waals surface area (Å²) in [4.78, 5) is 27.1. The lowest BCUT2D eigenvalue weighted by molar-refractivity contribution is -0.122. The fraction of sp³-hybridized carbons (Fsp3) is 0.0800. The fourth-order valence-corrected chi connectivity index (χ4v) is 4.33. The molecule has 2 amide bonds. The average Bonchev–Trinajstić information content (AvgIpc) is 3.15. The van der Waals surface area contributed by atoms with Crippen molar-refractivity contribution in [2.75, 3.05) is 12.0 Å². The second kappa shape index (κ2) is 7.49. The summed E-state index contributed by atoms with van der Waals surface area (Å²) >= 11 is 5.26. The number of anilines is 1. The first-order chi connectivity index (χ1) is 15.0. The third-order valence-corrected chi connectivity index (χ3v) is 5.85. The van der Waals surface area contributed by atoms with E-state index >= 15 is 0 Å². The molecule has 0 unspecified atom stereocenters. The van der Waals surface area contributed by atoms with Gasteiger partial charge in [0.25, 0.3) is 11.8 Å². The highest BCUT2D eigenvalue weighted by molar-refractivity contribution is 7.80. The van der Waals surface area contributed by atoms with E-state index in [0.717, 1.165) is 12.0 Å². The molecule has 1 aliphatic heterocycles. The molecule has 0 saturated carbocycles. The number of nitrogens with one attached hydrogen (secondary N) is 1. The van der Waals surface area contributed by atoms with Crippen LogP contribution in [0, 0.1) is 0 Å². The van der Waals surface area contributed by atoms with Crippen LogP contribution in [0.15, 0.2) is 72.3 Å². The van der Waals surface area contributed by atoms with Gasteiger partial charge in [-0.25, -0.2) is 0 Å². The number of thiocarbonyl (C=S) groups is 1. The van der Waals surface area contributed by atoms with Crippen LogP contribution in [0.3, 0.4) is 0 Å². The summed E-state index contributed by atoms with van der Waals surface area (Å²) in [7, 11) is 1.57. The first kappa shape index (κ1) is 19.2. The zero-order valence-corrected chi connectivity index (χ0v) is 17.5. The smallest absolute Gasteiger partial charge is 0.270 e. The van der Waals surface area contributed by atoms with Crippen molar-refractivity contribution >= 4 is 40.9 Å². The van der Waals surface area contributed by atoms with Gasteiger partial charge in [0.05, 0.1) is 12.8 Å². The zero-order valence-electron chi connectivity index (χ0n) is 16.7. The zero-order chi connectivity index (χ0) is 21.5. The van der Waals surface area contributed by atoms with Gasteiger partial charge < -0.3 is 4.74 Å². The van der Waals surface area contributed by atoms with Crippen LogP contribution in [-0.2, 0) is 16.0 Å². The third-order valence-electron chi connectivity index (χ3n) is 5.56. The number of hydrogen-bond acceptors (Lipinski definition) is 4. The molecule has 0 aromatic heterocycles. The summed E-state index contributed by atoms with van der Waals surface area (Å²) in [6, 6.07) is 21.3. The molecule has 1 aliphatic carbocycles. The Bertz CT molecular complexity index is 1280. The molecule has 3 aromatic rings. The highest BCUT2D eigenvalue weighted by Gasteiger charge is 2.34. The largest absolute Gasteiger partial charge is 0.497 e. The normalized spacial score (nSPS) is 16.2. The minimum atomic E-state index is -0.497. The molecule has 5 nitrogen and oxygen atoms in total. The number of nitrogens with zero attached hydrogens (tertiary/aromatic N) is 1. The molecule has 0 spiro atoms. The standard InChI is InChI=1S/C25H18N2O3S/c1-30-19-9-7-18(8-10-19)27-24(29)22(23(28)26-25(27)31)13-15-6-11-21-17(12-15)14-16-4-2-3-5-20(16)21/h2-13H,14H2,1H3,(H,26,28,31). The van der Waals surface area contributed by atoms with Gasteiger partial charge in [-0.1, -0.05) is 42.5 Å². The van der Waals surface area contributed by atoms with Gasteiger partial charge in [0, 0.05) is 0 Å². The molecule has 1 N–H and O–H groups in total. The number of carbonyl (C=O) groups is 2. The molecule has 1 fully saturated rings. The Kier molecular flexibility index (Phi) is 4.64. The van der Waals surface area contributed by atoms with Crippen LogP contribution in [0.2, 0.25) is 0 Å².